The van der Waals surface area contributed by atoms with Crippen molar-refractivity contribution < 1.29 is 0 Å². The van der Waals surface area contributed by atoms with E-state index in [1.807, 2.05) is 0 Å². The summed E-state index contributed by atoms with van der Waals surface area (Å²) in [6.45, 7) is 12.3. The fourth-order valence-corrected chi connectivity index (χ4v) is 3.16. The molecule has 1 aromatic heterocycles. The van der Waals surface area contributed by atoms with Gasteiger partial charge in [0.25, 0.3) is 0 Å². The second-order valence-corrected chi connectivity index (χ2v) is 6.90. The molecule has 0 spiro atoms. The monoisotopic (exact) mass is 273 g/mol. The Morgan fingerprint density at radius 1 is 1.20 bits per heavy atom. The Morgan fingerprint density at radius 3 is 2.45 bits per heavy atom. The molecule has 2 heterocycles. The number of hydrogen-bond acceptors (Lipinski definition) is 3. The van der Waals surface area contributed by atoms with Gasteiger partial charge in [-0.15, -0.1) is 0 Å². The quantitative estimate of drug-likeness (QED) is 0.914. The summed E-state index contributed by atoms with van der Waals surface area (Å²) in [5, 5.41) is 3.65. The molecule has 3 heteroatoms. The van der Waals surface area contributed by atoms with Crippen molar-refractivity contribution >= 4 is 5.82 Å². The van der Waals surface area contributed by atoms with E-state index >= 15 is 0 Å². The van der Waals surface area contributed by atoms with E-state index in [4.69, 9.17) is 4.98 Å². The van der Waals surface area contributed by atoms with Crippen molar-refractivity contribution in [3.63, 3.8) is 0 Å². The highest BCUT2D eigenvalue weighted by Gasteiger charge is 2.29. The summed E-state index contributed by atoms with van der Waals surface area (Å²) >= 11 is 0. The molecule has 2 atom stereocenters. The maximum absolute atomic E-state index is 4.87. The zero-order valence-corrected chi connectivity index (χ0v) is 13.2. The van der Waals surface area contributed by atoms with Gasteiger partial charge in [0, 0.05) is 36.9 Å². The number of nitrogens with zero attached hydrogens (tertiary/aromatic N) is 2. The molecule has 0 bridgehead atoms. The molecule has 1 saturated heterocycles. The molecule has 2 fully saturated rings. The van der Waals surface area contributed by atoms with Crippen molar-refractivity contribution in [3.05, 3.63) is 22.9 Å². The third-order valence-corrected chi connectivity index (χ3v) is 4.89. The van der Waals surface area contributed by atoms with Gasteiger partial charge < -0.3 is 10.2 Å². The highest BCUT2D eigenvalue weighted by atomic mass is 15.2. The Bertz CT molecular complexity index is 483. The lowest BCUT2D eigenvalue weighted by atomic mass is 10.0. The van der Waals surface area contributed by atoms with Gasteiger partial charge in [0.2, 0.25) is 0 Å². The zero-order chi connectivity index (χ0) is 14.3. The minimum absolute atomic E-state index is 0.750. The van der Waals surface area contributed by atoms with Crippen LogP contribution in [0.25, 0.3) is 0 Å². The summed E-state index contributed by atoms with van der Waals surface area (Å²) in [5.74, 6) is 2.76. The summed E-state index contributed by atoms with van der Waals surface area (Å²) < 4.78 is 0. The van der Waals surface area contributed by atoms with Crippen LogP contribution in [-0.2, 0) is 6.54 Å². The molecule has 1 aliphatic heterocycles. The Labute approximate surface area is 122 Å². The van der Waals surface area contributed by atoms with Crippen LogP contribution in [0.2, 0.25) is 0 Å². The lowest BCUT2D eigenvalue weighted by molar-refractivity contribution is 0.494. The third kappa shape index (κ3) is 2.83. The van der Waals surface area contributed by atoms with Gasteiger partial charge in [-0.1, -0.05) is 13.8 Å². The second-order valence-electron chi connectivity index (χ2n) is 6.90. The van der Waals surface area contributed by atoms with Crippen molar-refractivity contribution in [1.82, 2.24) is 10.3 Å². The smallest absolute Gasteiger partial charge is 0.133 e. The van der Waals surface area contributed by atoms with Crippen LogP contribution < -0.4 is 10.2 Å². The van der Waals surface area contributed by atoms with Gasteiger partial charge in [0.05, 0.1) is 0 Å². The van der Waals surface area contributed by atoms with Crippen molar-refractivity contribution in [3.8, 4) is 0 Å². The van der Waals surface area contributed by atoms with Crippen LogP contribution in [0.5, 0.6) is 0 Å². The molecule has 3 rings (SSSR count). The van der Waals surface area contributed by atoms with Gasteiger partial charge in [-0.2, -0.15) is 0 Å². The summed E-state index contributed by atoms with van der Waals surface area (Å²) in [6, 6.07) is 2.97. The molecule has 2 aliphatic rings. The lowest BCUT2D eigenvalue weighted by Gasteiger charge is -2.23. The van der Waals surface area contributed by atoms with Crippen LogP contribution in [-0.4, -0.2) is 24.1 Å². The summed E-state index contributed by atoms with van der Waals surface area (Å²) in [4.78, 5) is 7.37. The first-order valence-electron chi connectivity index (χ1n) is 8.00. The lowest BCUT2D eigenvalue weighted by Crippen LogP contribution is -2.26. The molecule has 1 N–H and O–H groups in total. The van der Waals surface area contributed by atoms with Gasteiger partial charge in [-0.25, -0.2) is 4.98 Å². The van der Waals surface area contributed by atoms with Crippen LogP contribution in [0, 0.1) is 25.7 Å². The molecule has 0 aromatic carbocycles. The maximum atomic E-state index is 4.87. The molecule has 20 heavy (non-hydrogen) atoms. The van der Waals surface area contributed by atoms with Crippen LogP contribution >= 0.6 is 0 Å². The SMILES string of the molecule is Cc1cc(C)c(CNC2CC2)c(N2CC(C)C(C)C2)n1. The van der Waals surface area contributed by atoms with Crippen LogP contribution in [0.4, 0.5) is 5.82 Å². The largest absolute Gasteiger partial charge is 0.356 e. The number of nitrogens with one attached hydrogen (secondary N) is 1. The number of rotatable bonds is 4. The molecular formula is C17H27N3. The van der Waals surface area contributed by atoms with Gasteiger partial charge in [-0.3, -0.25) is 0 Å². The topological polar surface area (TPSA) is 28.2 Å². The predicted octanol–water partition coefficient (Wildman–Crippen LogP) is 3.04. The summed E-state index contributed by atoms with van der Waals surface area (Å²) in [6.07, 6.45) is 2.68. The Hall–Kier alpha value is -1.09. The first kappa shape index (κ1) is 13.9. The second kappa shape index (κ2) is 5.36. The van der Waals surface area contributed by atoms with E-state index in [0.29, 0.717) is 0 Å². The van der Waals surface area contributed by atoms with Crippen molar-refractivity contribution in [2.75, 3.05) is 18.0 Å². The Morgan fingerprint density at radius 2 is 1.85 bits per heavy atom. The van der Waals surface area contributed by atoms with Crippen molar-refractivity contribution in [2.24, 2.45) is 11.8 Å². The number of aromatic nitrogens is 1. The third-order valence-electron chi connectivity index (χ3n) is 4.89. The van der Waals surface area contributed by atoms with E-state index in [1.54, 1.807) is 0 Å². The molecule has 0 radical (unpaired) electrons. The molecule has 1 aromatic rings. The average molecular weight is 273 g/mol. The molecular weight excluding hydrogens is 246 g/mol. The zero-order valence-electron chi connectivity index (χ0n) is 13.2. The van der Waals surface area contributed by atoms with Crippen LogP contribution in [0.1, 0.15) is 43.5 Å². The molecule has 0 amide bonds. The van der Waals surface area contributed by atoms with Crippen molar-refractivity contribution in [2.45, 2.75) is 53.1 Å². The van der Waals surface area contributed by atoms with Crippen molar-refractivity contribution in [1.29, 1.82) is 0 Å². The highest BCUT2D eigenvalue weighted by molar-refractivity contribution is 5.52. The van der Waals surface area contributed by atoms with E-state index in [-0.39, 0.29) is 0 Å². The van der Waals surface area contributed by atoms with E-state index in [0.717, 1.165) is 43.2 Å². The minimum Gasteiger partial charge on any atom is -0.356 e. The first-order valence-corrected chi connectivity index (χ1v) is 8.00. The molecule has 2 unspecified atom stereocenters. The molecule has 3 nitrogen and oxygen atoms in total. The maximum Gasteiger partial charge on any atom is 0.133 e. The fraction of sp³-hybridized carbons (Fsp3) is 0.706. The highest BCUT2D eigenvalue weighted by Crippen LogP contribution is 2.31. The standard InChI is InChI=1S/C17H27N3/c1-11-7-14(4)19-17(16(11)8-18-15-5-6-15)20-9-12(2)13(3)10-20/h7,12-13,15,18H,5-6,8-10H2,1-4H3. The molecule has 1 aliphatic carbocycles. The predicted molar refractivity (Wildman–Crippen MR) is 84.1 cm³/mol. The number of anilines is 1. The number of aryl methyl sites for hydroxylation is 2. The summed E-state index contributed by atoms with van der Waals surface area (Å²) in [5.41, 5.74) is 3.93. The Balaban J connectivity index is 1.86. The first-order chi connectivity index (χ1) is 9.54. The average Bonchev–Trinajstić information content (AvgIpc) is 3.14. The number of hydrogen-bond donors (Lipinski definition) is 1. The van der Waals surface area contributed by atoms with Crippen LogP contribution in [0.3, 0.4) is 0 Å². The Kier molecular flexibility index (Phi) is 3.72. The van der Waals surface area contributed by atoms with Gasteiger partial charge in [-0.05, 0) is 50.2 Å². The minimum atomic E-state index is 0.750. The fourth-order valence-electron chi connectivity index (χ4n) is 3.16. The van der Waals surface area contributed by atoms with E-state index in [2.05, 4.69) is 44.0 Å². The molecule has 110 valence electrons. The normalized spacial score (nSPS) is 26.3. The summed E-state index contributed by atoms with van der Waals surface area (Å²) in [7, 11) is 0. The van der Waals surface area contributed by atoms with Crippen LogP contribution in [0.15, 0.2) is 6.07 Å². The van der Waals surface area contributed by atoms with E-state index in [9.17, 15) is 0 Å². The van der Waals surface area contributed by atoms with E-state index in [1.165, 1.54) is 29.8 Å². The number of pyridine rings is 1. The molecule has 1 saturated carbocycles. The van der Waals surface area contributed by atoms with E-state index < -0.39 is 0 Å². The van der Waals surface area contributed by atoms with Gasteiger partial charge in [0.15, 0.2) is 0 Å². The van der Waals surface area contributed by atoms with Gasteiger partial charge in [0.1, 0.15) is 5.82 Å². The van der Waals surface area contributed by atoms with Gasteiger partial charge >= 0.3 is 0 Å².